The smallest absolute Gasteiger partial charge is 0.258 e. The number of ketones is 1. The number of hydrogen-bond donors (Lipinski definition) is 3. The van der Waals surface area contributed by atoms with Crippen LogP contribution in [-0.4, -0.2) is 46.5 Å². The molecule has 6 rings (SSSR count). The topological polar surface area (TPSA) is 118 Å². The van der Waals surface area contributed by atoms with Gasteiger partial charge in [0.15, 0.2) is 12.4 Å². The van der Waals surface area contributed by atoms with E-state index in [0.717, 1.165) is 6.07 Å². The van der Waals surface area contributed by atoms with Crippen molar-refractivity contribution < 1.29 is 33.0 Å². The van der Waals surface area contributed by atoms with Crippen molar-refractivity contribution in [2.75, 3.05) is 6.61 Å². The van der Waals surface area contributed by atoms with Crippen LogP contribution >= 0.6 is 11.6 Å². The molecule has 1 aromatic carbocycles. The van der Waals surface area contributed by atoms with Crippen LogP contribution in [0.3, 0.4) is 0 Å². The molecule has 2 bridgehead atoms. The predicted molar refractivity (Wildman–Crippen MR) is 123 cm³/mol. The van der Waals surface area contributed by atoms with Crippen LogP contribution in [0.4, 0.5) is 4.39 Å². The molecule has 1 heterocycles. The van der Waals surface area contributed by atoms with Gasteiger partial charge in [-0.1, -0.05) is 11.6 Å². The molecule has 4 aliphatic rings. The fourth-order valence-corrected chi connectivity index (χ4v) is 5.71. The van der Waals surface area contributed by atoms with Crippen LogP contribution in [0, 0.1) is 5.82 Å². The minimum Gasteiger partial charge on any atom is -0.484 e. The second kappa shape index (κ2) is 8.95. The number of Topliss-reactive ketones (excluding diaryl/α,β-unsaturated/α-hetero) is 1. The lowest BCUT2D eigenvalue weighted by Gasteiger charge is -2.56. The van der Waals surface area contributed by atoms with E-state index in [1.807, 2.05) is 0 Å². The summed E-state index contributed by atoms with van der Waals surface area (Å²) >= 11 is 5.66. The Labute approximate surface area is 206 Å². The van der Waals surface area contributed by atoms with Gasteiger partial charge in [-0.2, -0.15) is 0 Å². The Hall–Kier alpha value is -2.91. The number of hydrogen-bond acceptors (Lipinski definition) is 6. The number of amides is 2. The molecule has 3 saturated carbocycles. The predicted octanol–water partition coefficient (Wildman–Crippen LogP) is 3.33. The summed E-state index contributed by atoms with van der Waals surface area (Å²) in [5.74, 6) is -0.804. The van der Waals surface area contributed by atoms with Crippen LogP contribution in [0.5, 0.6) is 5.75 Å². The largest absolute Gasteiger partial charge is 0.484 e. The van der Waals surface area contributed by atoms with Crippen molar-refractivity contribution >= 4 is 29.2 Å². The number of aliphatic hydroxyl groups is 1. The zero-order valence-electron chi connectivity index (χ0n) is 19.0. The van der Waals surface area contributed by atoms with Crippen LogP contribution in [-0.2, 0) is 11.2 Å². The van der Waals surface area contributed by atoms with E-state index in [9.17, 15) is 23.9 Å². The van der Waals surface area contributed by atoms with Gasteiger partial charge in [0.1, 0.15) is 23.6 Å². The van der Waals surface area contributed by atoms with Crippen LogP contribution in [0.25, 0.3) is 0 Å². The van der Waals surface area contributed by atoms with Gasteiger partial charge in [0.2, 0.25) is 0 Å². The number of ether oxygens (including phenoxy) is 1. The Morgan fingerprint density at radius 2 is 1.97 bits per heavy atom. The number of carbonyl (C=O) groups is 3. The minimum absolute atomic E-state index is 0.0334. The van der Waals surface area contributed by atoms with Crippen molar-refractivity contribution in [3.05, 3.63) is 52.2 Å². The molecule has 0 unspecified atom stereocenters. The summed E-state index contributed by atoms with van der Waals surface area (Å²) in [5, 5.41) is 16.9. The molecule has 1 atom stereocenters. The fourth-order valence-electron chi connectivity index (χ4n) is 5.59. The number of furan rings is 1. The van der Waals surface area contributed by atoms with Gasteiger partial charge in [0, 0.05) is 24.4 Å². The third kappa shape index (κ3) is 4.43. The standard InChI is InChI=1S/C25H26ClFN2O6/c26-16-5-4-14(10-17(16)27)34-13-21(32)28-24-6-8-25(9-7-24,20(31)11-24)29-23(33)15-12-35-19-3-1-2-18(30)22(15)19/h4-5,10,12,20,31H,1-3,6-9,11,13H2,(H,28,32)(H,29,33)/t20-,24?,25?/m1/s1. The fraction of sp³-hybridized carbons (Fsp3) is 0.480. The number of nitrogens with one attached hydrogen (secondary N) is 2. The highest BCUT2D eigenvalue weighted by Crippen LogP contribution is 2.47. The normalized spacial score (nSPS) is 27.3. The van der Waals surface area contributed by atoms with Gasteiger partial charge in [-0.05, 0) is 50.7 Å². The van der Waals surface area contributed by atoms with E-state index in [2.05, 4.69) is 10.6 Å². The second-order valence-electron chi connectivity index (χ2n) is 9.75. The van der Waals surface area contributed by atoms with E-state index in [-0.39, 0.29) is 41.1 Å². The molecule has 35 heavy (non-hydrogen) atoms. The molecule has 0 aliphatic heterocycles. The summed E-state index contributed by atoms with van der Waals surface area (Å²) < 4.78 is 24.4. The molecule has 3 fully saturated rings. The Balaban J connectivity index is 1.20. The number of rotatable bonds is 6. The molecular formula is C25H26ClFN2O6. The zero-order valence-corrected chi connectivity index (χ0v) is 19.8. The zero-order chi connectivity index (χ0) is 24.8. The van der Waals surface area contributed by atoms with E-state index in [1.54, 1.807) is 0 Å². The van der Waals surface area contributed by atoms with E-state index in [4.69, 9.17) is 20.8 Å². The molecule has 3 N–H and O–H groups in total. The SMILES string of the molecule is O=C(COc1ccc(Cl)c(F)c1)NC12CCC(NC(=O)c3coc4c3C(=O)CCC4)(CC1)[C@H](O)C2. The Bertz CT molecular complexity index is 1190. The van der Waals surface area contributed by atoms with Crippen LogP contribution < -0.4 is 15.4 Å². The molecule has 8 nitrogen and oxygen atoms in total. The summed E-state index contributed by atoms with van der Waals surface area (Å²) in [4.78, 5) is 38.0. The maximum absolute atomic E-state index is 13.6. The Morgan fingerprint density at radius 1 is 1.20 bits per heavy atom. The van der Waals surface area contributed by atoms with Crippen molar-refractivity contribution in [1.82, 2.24) is 10.6 Å². The van der Waals surface area contributed by atoms with Crippen molar-refractivity contribution in [3.8, 4) is 5.75 Å². The molecule has 186 valence electrons. The number of aliphatic hydroxyl groups excluding tert-OH is 1. The van der Waals surface area contributed by atoms with Crippen LogP contribution in [0.2, 0.25) is 5.02 Å². The van der Waals surface area contributed by atoms with E-state index >= 15 is 0 Å². The van der Waals surface area contributed by atoms with E-state index in [1.165, 1.54) is 18.4 Å². The lowest BCUT2D eigenvalue weighted by Crippen LogP contribution is -2.70. The summed E-state index contributed by atoms with van der Waals surface area (Å²) in [6, 6.07) is 3.94. The van der Waals surface area contributed by atoms with Crippen molar-refractivity contribution in [1.29, 1.82) is 0 Å². The first-order valence-electron chi connectivity index (χ1n) is 11.7. The third-order valence-electron chi connectivity index (χ3n) is 7.55. The molecular weight excluding hydrogens is 479 g/mol. The first kappa shape index (κ1) is 23.8. The first-order chi connectivity index (χ1) is 16.7. The Morgan fingerprint density at radius 3 is 2.69 bits per heavy atom. The number of fused-ring (bicyclic) bond motifs is 4. The molecule has 10 heteroatoms. The maximum atomic E-state index is 13.6. The maximum Gasteiger partial charge on any atom is 0.258 e. The molecule has 0 radical (unpaired) electrons. The average molecular weight is 505 g/mol. The Kier molecular flexibility index (Phi) is 6.09. The van der Waals surface area contributed by atoms with Crippen LogP contribution in [0.1, 0.15) is 71.4 Å². The summed E-state index contributed by atoms with van der Waals surface area (Å²) in [6.07, 6.45) is 4.51. The highest BCUT2D eigenvalue weighted by atomic mass is 35.5. The summed E-state index contributed by atoms with van der Waals surface area (Å²) in [5.41, 5.74) is -0.864. The highest BCUT2D eigenvalue weighted by Gasteiger charge is 2.55. The number of aryl methyl sites for hydroxylation is 1. The van der Waals surface area contributed by atoms with Crippen molar-refractivity contribution in [2.45, 2.75) is 68.5 Å². The lowest BCUT2D eigenvalue weighted by atomic mass is 9.59. The number of carbonyl (C=O) groups excluding carboxylic acids is 3. The van der Waals surface area contributed by atoms with E-state index < -0.39 is 28.9 Å². The molecule has 0 spiro atoms. The minimum atomic E-state index is -0.876. The van der Waals surface area contributed by atoms with Gasteiger partial charge in [0.05, 0.1) is 27.8 Å². The first-order valence-corrected chi connectivity index (χ1v) is 12.1. The van der Waals surface area contributed by atoms with Gasteiger partial charge in [-0.15, -0.1) is 0 Å². The summed E-state index contributed by atoms with van der Waals surface area (Å²) in [7, 11) is 0. The molecule has 1 aromatic heterocycles. The number of halogens is 2. The molecule has 4 aliphatic carbocycles. The lowest BCUT2D eigenvalue weighted by molar-refractivity contribution is -0.129. The third-order valence-corrected chi connectivity index (χ3v) is 7.85. The highest BCUT2D eigenvalue weighted by molar-refractivity contribution is 6.30. The van der Waals surface area contributed by atoms with Gasteiger partial charge in [0.25, 0.3) is 11.8 Å². The van der Waals surface area contributed by atoms with Crippen molar-refractivity contribution in [3.63, 3.8) is 0 Å². The van der Waals surface area contributed by atoms with Gasteiger partial charge in [-0.25, -0.2) is 4.39 Å². The quantitative estimate of drug-likeness (QED) is 0.555. The number of benzene rings is 1. The van der Waals surface area contributed by atoms with Gasteiger partial charge in [-0.3, -0.25) is 14.4 Å². The average Bonchev–Trinajstić information content (AvgIpc) is 3.27. The summed E-state index contributed by atoms with van der Waals surface area (Å²) in [6.45, 7) is -0.305. The van der Waals surface area contributed by atoms with Gasteiger partial charge >= 0.3 is 0 Å². The van der Waals surface area contributed by atoms with E-state index in [0.29, 0.717) is 56.3 Å². The molecule has 2 aromatic rings. The molecule has 2 amide bonds. The molecule has 0 saturated heterocycles. The van der Waals surface area contributed by atoms with Gasteiger partial charge < -0.3 is 24.9 Å². The van der Waals surface area contributed by atoms with Crippen LogP contribution in [0.15, 0.2) is 28.9 Å². The monoisotopic (exact) mass is 504 g/mol. The second-order valence-corrected chi connectivity index (χ2v) is 10.2. The van der Waals surface area contributed by atoms with Crippen molar-refractivity contribution in [2.24, 2.45) is 0 Å².